The van der Waals surface area contributed by atoms with Crippen LogP contribution in [0.15, 0.2) is 36.4 Å². The van der Waals surface area contributed by atoms with Crippen LogP contribution in [0.25, 0.3) is 0 Å². The Morgan fingerprint density at radius 1 is 1.22 bits per heavy atom. The largest absolute Gasteiger partial charge is 0.451 e. The maximum absolute atomic E-state index is 13.3. The fourth-order valence-corrected chi connectivity index (χ4v) is 4.50. The third-order valence-electron chi connectivity index (χ3n) is 3.54. The molecule has 0 fully saturated rings. The lowest BCUT2D eigenvalue weighted by Gasteiger charge is -2.37. The van der Waals surface area contributed by atoms with Gasteiger partial charge in [0, 0.05) is 6.08 Å². The lowest BCUT2D eigenvalue weighted by molar-refractivity contribution is -0.146. The Hall–Kier alpha value is -1.46. The molecule has 0 amide bonds. The molecular weight excluding hydrogens is 319 g/mol. The van der Waals surface area contributed by atoms with Gasteiger partial charge in [-0.15, -0.1) is 0 Å². The summed E-state index contributed by atoms with van der Waals surface area (Å²) in [4.78, 5) is 11.4. The molecule has 0 spiro atoms. The van der Waals surface area contributed by atoms with E-state index in [9.17, 15) is 14.5 Å². The van der Waals surface area contributed by atoms with E-state index in [-0.39, 0.29) is 13.2 Å². The van der Waals surface area contributed by atoms with E-state index in [4.69, 9.17) is 13.8 Å². The number of carbonyl (C=O) groups is 1. The average molecular weight is 340 g/mol. The second-order valence-electron chi connectivity index (χ2n) is 5.14. The molecule has 0 radical (unpaired) electrons. The summed E-state index contributed by atoms with van der Waals surface area (Å²) in [5, 5.41) is 9.21. The van der Waals surface area contributed by atoms with Gasteiger partial charge in [0.1, 0.15) is 0 Å². The predicted molar refractivity (Wildman–Crippen MR) is 85.0 cm³/mol. The van der Waals surface area contributed by atoms with Crippen molar-refractivity contribution in [3.05, 3.63) is 47.5 Å². The van der Waals surface area contributed by atoms with E-state index in [0.717, 1.165) is 5.56 Å². The van der Waals surface area contributed by atoms with Crippen LogP contribution in [0.1, 0.15) is 25.0 Å². The van der Waals surface area contributed by atoms with Gasteiger partial charge in [-0.05, 0) is 32.4 Å². The van der Waals surface area contributed by atoms with E-state index in [2.05, 4.69) is 0 Å². The first-order valence-electron chi connectivity index (χ1n) is 7.45. The second-order valence-corrected chi connectivity index (χ2v) is 7.33. The Labute approximate surface area is 135 Å². The summed E-state index contributed by atoms with van der Waals surface area (Å²) in [6.07, 6.45) is 1.40. The third kappa shape index (κ3) is 3.26. The maximum atomic E-state index is 13.3. The van der Waals surface area contributed by atoms with Crippen molar-refractivity contribution in [2.75, 3.05) is 13.2 Å². The fraction of sp³-hybridized carbons (Fsp3) is 0.438. The first kappa shape index (κ1) is 17.9. The number of ether oxygens (including phenoxy) is 1. The van der Waals surface area contributed by atoms with Crippen molar-refractivity contribution in [1.82, 2.24) is 0 Å². The van der Waals surface area contributed by atoms with E-state index in [1.165, 1.54) is 12.2 Å². The van der Waals surface area contributed by atoms with Crippen molar-refractivity contribution in [3.63, 3.8) is 0 Å². The molecule has 2 atom stereocenters. The number of aliphatic hydroxyl groups is 1. The highest BCUT2D eigenvalue weighted by atomic mass is 31.2. The summed E-state index contributed by atoms with van der Waals surface area (Å²) in [6, 6.07) is 6.78. The molecule has 0 aromatic heterocycles. The van der Waals surface area contributed by atoms with Crippen molar-refractivity contribution in [1.29, 1.82) is 0 Å². The Morgan fingerprint density at radius 2 is 1.78 bits per heavy atom. The lowest BCUT2D eigenvalue weighted by Crippen LogP contribution is -2.40. The van der Waals surface area contributed by atoms with Crippen LogP contribution in [-0.2, 0) is 28.5 Å². The van der Waals surface area contributed by atoms with E-state index < -0.39 is 25.0 Å². The topological polar surface area (TPSA) is 82.1 Å². The Balaban J connectivity index is 2.58. The highest BCUT2D eigenvalue weighted by molar-refractivity contribution is 7.55. The molecule has 2 rings (SSSR count). The minimum atomic E-state index is -4.03. The van der Waals surface area contributed by atoms with Crippen LogP contribution >= 0.6 is 7.60 Å². The zero-order chi connectivity index (χ0) is 17.1. The summed E-state index contributed by atoms with van der Waals surface area (Å²) in [5.74, 6) is -0.611. The number of esters is 1. The highest BCUT2D eigenvalue weighted by Gasteiger charge is 2.58. The second kappa shape index (κ2) is 6.97. The number of aryl methyl sites for hydroxylation is 1. The summed E-state index contributed by atoms with van der Waals surface area (Å²) in [6.45, 7) is 5.35. The summed E-state index contributed by atoms with van der Waals surface area (Å²) < 4.78 is 29.1. The molecule has 1 aromatic rings. The van der Waals surface area contributed by atoms with Gasteiger partial charge in [0.2, 0.25) is 5.34 Å². The zero-order valence-corrected chi connectivity index (χ0v) is 14.3. The van der Waals surface area contributed by atoms with E-state index in [1.54, 1.807) is 38.1 Å². The fourth-order valence-electron chi connectivity index (χ4n) is 2.44. The van der Waals surface area contributed by atoms with Crippen LogP contribution in [-0.4, -0.2) is 30.4 Å². The average Bonchev–Trinajstić information content (AvgIpc) is 2.94. The number of hydrogen-bond acceptors (Lipinski definition) is 6. The summed E-state index contributed by atoms with van der Waals surface area (Å²) in [5.41, 5.74) is 1.27. The summed E-state index contributed by atoms with van der Waals surface area (Å²) >= 11 is 0. The van der Waals surface area contributed by atoms with Crippen molar-refractivity contribution >= 4 is 13.6 Å². The molecule has 23 heavy (non-hydrogen) atoms. The first-order chi connectivity index (χ1) is 10.9. The normalized spacial score (nSPS) is 20.3. The van der Waals surface area contributed by atoms with Crippen LogP contribution in [0.4, 0.5) is 0 Å². The molecular formula is C16H21O6P. The molecule has 0 unspecified atom stereocenters. The Morgan fingerprint density at radius 3 is 2.22 bits per heavy atom. The first-order valence-corrected chi connectivity index (χ1v) is 8.99. The third-order valence-corrected chi connectivity index (χ3v) is 6.08. The summed E-state index contributed by atoms with van der Waals surface area (Å²) in [7, 11) is -4.03. The van der Waals surface area contributed by atoms with Crippen molar-refractivity contribution in [2.45, 2.75) is 32.2 Å². The van der Waals surface area contributed by atoms with Crippen LogP contribution in [0, 0.1) is 6.92 Å². The number of carbonyl (C=O) groups excluding carboxylic acids is 1. The van der Waals surface area contributed by atoms with E-state index in [0.29, 0.717) is 5.56 Å². The molecule has 126 valence electrons. The van der Waals surface area contributed by atoms with Gasteiger partial charge in [-0.3, -0.25) is 4.57 Å². The molecule has 7 heteroatoms. The number of benzene rings is 1. The Bertz CT molecular complexity index is 628. The van der Waals surface area contributed by atoms with Crippen molar-refractivity contribution < 1.29 is 28.3 Å². The van der Waals surface area contributed by atoms with Crippen LogP contribution in [0.5, 0.6) is 0 Å². The van der Waals surface area contributed by atoms with Crippen molar-refractivity contribution in [3.8, 4) is 0 Å². The van der Waals surface area contributed by atoms with E-state index >= 15 is 0 Å². The number of hydrogen-bond donors (Lipinski definition) is 1. The van der Waals surface area contributed by atoms with Gasteiger partial charge in [0.25, 0.3) is 0 Å². The van der Waals surface area contributed by atoms with Crippen LogP contribution < -0.4 is 0 Å². The Kier molecular flexibility index (Phi) is 5.42. The number of rotatable bonds is 7. The van der Waals surface area contributed by atoms with Gasteiger partial charge in [-0.25, -0.2) is 4.79 Å². The molecule has 0 saturated carbocycles. The van der Waals surface area contributed by atoms with Crippen molar-refractivity contribution in [2.24, 2.45) is 0 Å². The van der Waals surface area contributed by atoms with Gasteiger partial charge < -0.3 is 18.9 Å². The molecule has 1 N–H and O–H groups in total. The standard InChI is InChI=1S/C16H21O6P/c1-4-20-23(19,21-5-2)16(18,14-10-11-15(17)22-14)13-8-6-12(3)7-9-13/h6-11,14,18H,4-5H2,1-3H3/t14-,16-/m1/s1. The molecule has 1 aliphatic rings. The number of cyclic esters (lactones) is 1. The van der Waals surface area contributed by atoms with Gasteiger partial charge in [0.05, 0.1) is 13.2 Å². The molecule has 0 aliphatic carbocycles. The zero-order valence-electron chi connectivity index (χ0n) is 13.4. The van der Waals surface area contributed by atoms with Crippen LogP contribution in [0.2, 0.25) is 0 Å². The predicted octanol–water partition coefficient (Wildman–Crippen LogP) is 2.89. The minimum Gasteiger partial charge on any atom is -0.451 e. The molecule has 0 saturated heterocycles. The minimum absolute atomic E-state index is 0.0792. The SMILES string of the molecule is CCOP(=O)(OCC)[C@](O)(c1ccc(C)cc1)[C@H]1C=CC(=O)O1. The van der Waals surface area contributed by atoms with Crippen LogP contribution in [0.3, 0.4) is 0 Å². The molecule has 0 bridgehead atoms. The van der Waals surface area contributed by atoms with Gasteiger partial charge in [0.15, 0.2) is 6.10 Å². The maximum Gasteiger partial charge on any atom is 0.370 e. The van der Waals surface area contributed by atoms with Gasteiger partial charge >= 0.3 is 13.6 Å². The van der Waals surface area contributed by atoms with E-state index in [1.807, 2.05) is 6.92 Å². The van der Waals surface area contributed by atoms with Gasteiger partial charge in [-0.2, -0.15) is 0 Å². The monoisotopic (exact) mass is 340 g/mol. The smallest absolute Gasteiger partial charge is 0.370 e. The molecule has 6 nitrogen and oxygen atoms in total. The molecule has 1 heterocycles. The molecule has 1 aliphatic heterocycles. The van der Waals surface area contributed by atoms with Gasteiger partial charge in [-0.1, -0.05) is 29.8 Å². The lowest BCUT2D eigenvalue weighted by atomic mass is 10.0. The highest BCUT2D eigenvalue weighted by Crippen LogP contribution is 2.66. The molecule has 1 aromatic carbocycles. The quantitative estimate of drug-likeness (QED) is 0.607.